The average Bonchev–Trinajstić information content (AvgIpc) is 2.63. The Morgan fingerprint density at radius 1 is 1.18 bits per heavy atom. The number of ether oxygens (including phenoxy) is 1. The molecule has 0 radical (unpaired) electrons. The summed E-state index contributed by atoms with van der Waals surface area (Å²) in [6.45, 7) is 1.23. The van der Waals surface area contributed by atoms with Crippen molar-refractivity contribution >= 4 is 16.8 Å². The average molecular weight is 391 g/mol. The molecule has 0 saturated heterocycles. The van der Waals surface area contributed by atoms with Crippen molar-refractivity contribution in [1.29, 1.82) is 0 Å². The molecule has 1 unspecified atom stereocenters. The highest BCUT2D eigenvalue weighted by Gasteiger charge is 2.13. The van der Waals surface area contributed by atoms with Crippen molar-refractivity contribution in [3.8, 4) is 5.75 Å². The minimum atomic E-state index is -0.848. The highest BCUT2D eigenvalue weighted by molar-refractivity contribution is 5.79. The number of fused-ring (bicyclic) bond motifs is 1. The quantitative estimate of drug-likeness (QED) is 0.700. The van der Waals surface area contributed by atoms with Crippen LogP contribution in [0.1, 0.15) is 6.92 Å². The molecule has 146 valence electrons. The maximum Gasteiger partial charge on any atom is 0.261 e. The van der Waals surface area contributed by atoms with Gasteiger partial charge in [-0.05, 0) is 37.3 Å². The number of benzene rings is 2. The number of amides is 1. The molecule has 1 heterocycles. The Bertz CT molecular complexity index is 1080. The predicted molar refractivity (Wildman–Crippen MR) is 95.4 cm³/mol. The van der Waals surface area contributed by atoms with Gasteiger partial charge in [-0.2, -0.15) is 0 Å². The first-order chi connectivity index (χ1) is 13.3. The van der Waals surface area contributed by atoms with E-state index in [1.165, 1.54) is 18.5 Å². The van der Waals surface area contributed by atoms with Crippen LogP contribution in [0.4, 0.5) is 13.2 Å². The number of nitrogens with one attached hydrogen (secondary N) is 1. The molecular formula is C19H16F3N3O3. The molecule has 1 amide bonds. The summed E-state index contributed by atoms with van der Waals surface area (Å²) >= 11 is 0. The Morgan fingerprint density at radius 3 is 2.64 bits per heavy atom. The SMILES string of the molecule is CC(COc1ccc(F)cc1F)NC(=O)Cn1cnc2ccc(F)cc2c1=O. The van der Waals surface area contributed by atoms with E-state index in [1.54, 1.807) is 6.92 Å². The van der Waals surface area contributed by atoms with Crippen molar-refractivity contribution in [2.75, 3.05) is 6.61 Å². The molecule has 2 aromatic carbocycles. The lowest BCUT2D eigenvalue weighted by Crippen LogP contribution is -2.40. The highest BCUT2D eigenvalue weighted by Crippen LogP contribution is 2.17. The Morgan fingerprint density at radius 2 is 1.89 bits per heavy atom. The van der Waals surface area contributed by atoms with Crippen LogP contribution in [0.2, 0.25) is 0 Å². The monoisotopic (exact) mass is 391 g/mol. The number of aromatic nitrogens is 2. The van der Waals surface area contributed by atoms with Gasteiger partial charge in [-0.15, -0.1) is 0 Å². The van der Waals surface area contributed by atoms with E-state index in [1.807, 2.05) is 0 Å². The molecule has 0 aliphatic rings. The normalized spacial score (nSPS) is 12.0. The minimum absolute atomic E-state index is 0.0651. The van der Waals surface area contributed by atoms with Crippen LogP contribution in [0.25, 0.3) is 10.9 Å². The van der Waals surface area contributed by atoms with Crippen molar-refractivity contribution in [2.45, 2.75) is 19.5 Å². The van der Waals surface area contributed by atoms with E-state index >= 15 is 0 Å². The molecule has 1 aromatic heterocycles. The van der Waals surface area contributed by atoms with Gasteiger partial charge in [0.15, 0.2) is 11.6 Å². The molecule has 3 aromatic rings. The van der Waals surface area contributed by atoms with E-state index in [9.17, 15) is 22.8 Å². The Labute approximate surface area is 157 Å². The van der Waals surface area contributed by atoms with Crippen molar-refractivity contribution in [1.82, 2.24) is 14.9 Å². The minimum Gasteiger partial charge on any atom is -0.488 e. The third kappa shape index (κ3) is 4.48. The zero-order valence-electron chi connectivity index (χ0n) is 14.8. The van der Waals surface area contributed by atoms with Crippen LogP contribution in [0.5, 0.6) is 5.75 Å². The third-order valence-electron chi connectivity index (χ3n) is 3.89. The van der Waals surface area contributed by atoms with E-state index in [-0.39, 0.29) is 24.3 Å². The fourth-order valence-electron chi connectivity index (χ4n) is 2.57. The summed E-state index contributed by atoms with van der Waals surface area (Å²) in [6, 6.07) is 6.02. The van der Waals surface area contributed by atoms with Gasteiger partial charge in [-0.1, -0.05) is 0 Å². The summed E-state index contributed by atoms with van der Waals surface area (Å²) in [5, 5.41) is 2.66. The molecule has 0 spiro atoms. The van der Waals surface area contributed by atoms with Gasteiger partial charge in [-0.3, -0.25) is 14.2 Å². The molecule has 6 nitrogen and oxygen atoms in total. The van der Waals surface area contributed by atoms with Gasteiger partial charge in [0.2, 0.25) is 5.91 Å². The largest absolute Gasteiger partial charge is 0.488 e. The molecule has 28 heavy (non-hydrogen) atoms. The zero-order valence-corrected chi connectivity index (χ0v) is 14.8. The van der Waals surface area contributed by atoms with Crippen LogP contribution < -0.4 is 15.6 Å². The van der Waals surface area contributed by atoms with Crippen LogP contribution in [0, 0.1) is 17.5 Å². The van der Waals surface area contributed by atoms with E-state index in [0.717, 1.165) is 22.8 Å². The molecule has 0 saturated carbocycles. The lowest BCUT2D eigenvalue weighted by molar-refractivity contribution is -0.122. The van der Waals surface area contributed by atoms with Crippen LogP contribution in [-0.2, 0) is 11.3 Å². The van der Waals surface area contributed by atoms with E-state index < -0.39 is 35.0 Å². The number of carbonyl (C=O) groups is 1. The first kappa shape index (κ1) is 19.4. The summed E-state index contributed by atoms with van der Waals surface area (Å²) in [7, 11) is 0. The Balaban J connectivity index is 1.61. The van der Waals surface area contributed by atoms with Crippen LogP contribution in [0.15, 0.2) is 47.5 Å². The summed E-state index contributed by atoms with van der Waals surface area (Å²) in [5.74, 6) is -2.79. The maximum absolute atomic E-state index is 13.5. The first-order valence-corrected chi connectivity index (χ1v) is 8.35. The standard InChI is InChI=1S/C19H16F3N3O3/c1-11(9-28-17-5-3-13(21)7-15(17)22)24-18(26)8-25-10-23-16-4-2-12(20)6-14(16)19(25)27/h2-7,10-11H,8-9H2,1H3,(H,24,26). The molecule has 0 fully saturated rings. The summed E-state index contributed by atoms with van der Waals surface area (Å²) < 4.78 is 46.0. The Hall–Kier alpha value is -3.36. The number of carbonyl (C=O) groups excluding carboxylic acids is 1. The van der Waals surface area contributed by atoms with Crippen molar-refractivity contribution in [2.24, 2.45) is 0 Å². The molecule has 3 rings (SSSR count). The van der Waals surface area contributed by atoms with Crippen LogP contribution in [0.3, 0.4) is 0 Å². The van der Waals surface area contributed by atoms with Gasteiger partial charge in [0.25, 0.3) is 5.56 Å². The lowest BCUT2D eigenvalue weighted by atomic mass is 10.2. The molecular weight excluding hydrogens is 375 g/mol. The van der Waals surface area contributed by atoms with Gasteiger partial charge in [-0.25, -0.2) is 18.2 Å². The third-order valence-corrected chi connectivity index (χ3v) is 3.89. The number of hydrogen-bond acceptors (Lipinski definition) is 4. The highest BCUT2D eigenvalue weighted by atomic mass is 19.1. The maximum atomic E-state index is 13.5. The second-order valence-corrected chi connectivity index (χ2v) is 6.19. The second kappa shape index (κ2) is 8.12. The smallest absolute Gasteiger partial charge is 0.261 e. The zero-order chi connectivity index (χ0) is 20.3. The van der Waals surface area contributed by atoms with Crippen molar-refractivity contribution in [3.05, 3.63) is 70.5 Å². The van der Waals surface area contributed by atoms with Gasteiger partial charge >= 0.3 is 0 Å². The molecule has 1 N–H and O–H groups in total. The van der Waals surface area contributed by atoms with Gasteiger partial charge in [0.1, 0.15) is 24.8 Å². The number of nitrogens with zero attached hydrogens (tertiary/aromatic N) is 2. The van der Waals surface area contributed by atoms with Crippen molar-refractivity contribution in [3.63, 3.8) is 0 Å². The van der Waals surface area contributed by atoms with Crippen LogP contribution >= 0.6 is 0 Å². The summed E-state index contributed by atoms with van der Waals surface area (Å²) in [6.07, 6.45) is 1.21. The summed E-state index contributed by atoms with van der Waals surface area (Å²) in [4.78, 5) is 28.5. The fourth-order valence-corrected chi connectivity index (χ4v) is 2.57. The number of rotatable bonds is 6. The van der Waals surface area contributed by atoms with Crippen molar-refractivity contribution < 1.29 is 22.7 Å². The van der Waals surface area contributed by atoms with E-state index in [4.69, 9.17) is 4.74 Å². The number of hydrogen-bond donors (Lipinski definition) is 1. The Kier molecular flexibility index (Phi) is 5.62. The molecule has 0 aliphatic carbocycles. The van der Waals surface area contributed by atoms with Gasteiger partial charge in [0.05, 0.1) is 23.3 Å². The second-order valence-electron chi connectivity index (χ2n) is 6.19. The lowest BCUT2D eigenvalue weighted by Gasteiger charge is -2.16. The van der Waals surface area contributed by atoms with Gasteiger partial charge in [0, 0.05) is 6.07 Å². The number of halogens is 3. The van der Waals surface area contributed by atoms with Gasteiger partial charge < -0.3 is 10.1 Å². The summed E-state index contributed by atoms with van der Waals surface area (Å²) in [5.41, 5.74) is -0.219. The predicted octanol–water partition coefficient (Wildman–Crippen LogP) is 2.40. The first-order valence-electron chi connectivity index (χ1n) is 8.35. The fraction of sp³-hybridized carbons (Fsp3) is 0.211. The molecule has 1 atom stereocenters. The van der Waals surface area contributed by atoms with E-state index in [2.05, 4.69) is 10.3 Å². The van der Waals surface area contributed by atoms with E-state index in [0.29, 0.717) is 11.6 Å². The molecule has 0 aliphatic heterocycles. The molecule has 0 bridgehead atoms. The topological polar surface area (TPSA) is 73.2 Å². The van der Waals surface area contributed by atoms with Crippen LogP contribution in [-0.4, -0.2) is 28.1 Å². The molecule has 9 heteroatoms.